The minimum atomic E-state index is -0.605. The lowest BCUT2D eigenvalue weighted by molar-refractivity contribution is -0.176. The molecule has 3 aliphatic carbocycles. The summed E-state index contributed by atoms with van der Waals surface area (Å²) < 4.78 is 4.97. The maximum Gasteiger partial charge on any atom is 0.318 e. The van der Waals surface area contributed by atoms with Crippen LogP contribution in [0.3, 0.4) is 0 Å². The van der Waals surface area contributed by atoms with E-state index in [9.17, 15) is 9.59 Å². The Morgan fingerprint density at radius 2 is 1.88 bits per heavy atom. The molecule has 1 amide bonds. The predicted molar refractivity (Wildman–Crippen MR) is 95.7 cm³/mol. The molecular weight excluding hydrogens is 314 g/mol. The summed E-state index contributed by atoms with van der Waals surface area (Å²) >= 11 is 0. The Morgan fingerprint density at radius 3 is 2.60 bits per heavy atom. The fourth-order valence-corrected chi connectivity index (χ4v) is 7.61. The fraction of sp³-hybridized carbons (Fsp3) is 0.905. The fourth-order valence-electron chi connectivity index (χ4n) is 7.61. The van der Waals surface area contributed by atoms with E-state index in [0.29, 0.717) is 17.8 Å². The van der Waals surface area contributed by atoms with Gasteiger partial charge in [-0.3, -0.25) is 9.59 Å². The molecule has 0 bridgehead atoms. The van der Waals surface area contributed by atoms with Crippen LogP contribution in [0, 0.1) is 34.5 Å². The van der Waals surface area contributed by atoms with Crippen molar-refractivity contribution in [2.45, 2.75) is 71.3 Å². The van der Waals surface area contributed by atoms with Crippen molar-refractivity contribution in [3.63, 3.8) is 0 Å². The molecule has 1 saturated heterocycles. The number of ether oxygens (including phenoxy) is 1. The van der Waals surface area contributed by atoms with Gasteiger partial charge in [0.05, 0.1) is 7.11 Å². The molecule has 25 heavy (non-hydrogen) atoms. The second kappa shape index (κ2) is 5.72. The van der Waals surface area contributed by atoms with Crippen molar-refractivity contribution in [1.82, 2.24) is 4.90 Å². The van der Waals surface area contributed by atoms with Gasteiger partial charge in [-0.25, -0.2) is 0 Å². The van der Waals surface area contributed by atoms with Gasteiger partial charge in [0.1, 0.15) is 5.92 Å². The molecule has 4 rings (SSSR count). The summed E-state index contributed by atoms with van der Waals surface area (Å²) in [4.78, 5) is 26.9. The number of carbonyl (C=O) groups is 2. The lowest BCUT2D eigenvalue weighted by atomic mass is 9.47. The smallest absolute Gasteiger partial charge is 0.318 e. The van der Waals surface area contributed by atoms with Crippen LogP contribution in [-0.2, 0) is 14.3 Å². The monoisotopic (exact) mass is 347 g/mol. The van der Waals surface area contributed by atoms with E-state index in [1.54, 1.807) is 0 Å². The van der Waals surface area contributed by atoms with Crippen LogP contribution < -0.4 is 0 Å². The maximum atomic E-state index is 12.7. The van der Waals surface area contributed by atoms with Gasteiger partial charge >= 0.3 is 5.97 Å². The molecule has 0 aromatic carbocycles. The van der Waals surface area contributed by atoms with E-state index in [1.807, 2.05) is 11.9 Å². The van der Waals surface area contributed by atoms with E-state index >= 15 is 0 Å². The van der Waals surface area contributed by atoms with Crippen molar-refractivity contribution in [2.24, 2.45) is 34.5 Å². The van der Waals surface area contributed by atoms with Crippen LogP contribution in [0.25, 0.3) is 0 Å². The quantitative estimate of drug-likeness (QED) is 0.537. The standard InChI is InChI=1S/C21H33NO3/c1-20-10-5-6-15(20)13-7-8-17-21(2,16(13)9-11-20)12-14(19(24)25-4)18(23)22(17)3/h13-17H,5-12H2,1-4H3/t13-,14?,15-,16+,17?,20-,21+/m0/s1. The number of piperidine rings is 1. The van der Waals surface area contributed by atoms with Gasteiger partial charge in [-0.15, -0.1) is 0 Å². The van der Waals surface area contributed by atoms with Crippen molar-refractivity contribution >= 4 is 11.9 Å². The van der Waals surface area contributed by atoms with Crippen LogP contribution in [-0.4, -0.2) is 37.0 Å². The van der Waals surface area contributed by atoms with Gasteiger partial charge in [-0.05, 0) is 73.5 Å². The van der Waals surface area contributed by atoms with E-state index in [0.717, 1.165) is 18.3 Å². The third-order valence-corrected chi connectivity index (χ3v) is 8.84. The topological polar surface area (TPSA) is 46.6 Å². The van der Waals surface area contributed by atoms with Gasteiger partial charge in [-0.2, -0.15) is 0 Å². The van der Waals surface area contributed by atoms with Gasteiger partial charge in [0.15, 0.2) is 0 Å². The molecule has 0 aromatic heterocycles. The lowest BCUT2D eigenvalue weighted by Crippen LogP contribution is -2.64. The van der Waals surface area contributed by atoms with Crippen LogP contribution in [0.4, 0.5) is 0 Å². The lowest BCUT2D eigenvalue weighted by Gasteiger charge is -2.62. The predicted octanol–water partition coefficient (Wildman–Crippen LogP) is 3.64. The number of hydrogen-bond acceptors (Lipinski definition) is 3. The average Bonchev–Trinajstić information content (AvgIpc) is 2.99. The SMILES string of the molecule is COC(=O)C1C[C@@]2(C)C(CC[C@@H]3[C@H]2CC[C@]2(C)CCC[C@@H]32)N(C)C1=O. The van der Waals surface area contributed by atoms with Gasteiger partial charge < -0.3 is 9.64 Å². The Labute approximate surface area is 151 Å². The van der Waals surface area contributed by atoms with Crippen molar-refractivity contribution < 1.29 is 14.3 Å². The summed E-state index contributed by atoms with van der Waals surface area (Å²) in [6.07, 6.45) is 9.78. The number of amides is 1. The Hall–Kier alpha value is -1.06. The highest BCUT2D eigenvalue weighted by Gasteiger charge is 2.61. The zero-order chi connectivity index (χ0) is 18.0. The number of nitrogens with zero attached hydrogens (tertiary/aromatic N) is 1. The van der Waals surface area contributed by atoms with Gasteiger partial charge in [0.25, 0.3) is 0 Å². The number of rotatable bonds is 1. The zero-order valence-electron chi connectivity index (χ0n) is 16.2. The highest BCUT2D eigenvalue weighted by molar-refractivity contribution is 5.98. The first-order valence-electron chi connectivity index (χ1n) is 10.2. The molecule has 4 nitrogen and oxygen atoms in total. The molecular formula is C21H33NO3. The van der Waals surface area contributed by atoms with E-state index < -0.39 is 5.92 Å². The van der Waals surface area contributed by atoms with Crippen molar-refractivity contribution in [1.29, 1.82) is 0 Å². The summed E-state index contributed by atoms with van der Waals surface area (Å²) in [6.45, 7) is 4.88. The molecule has 4 heteroatoms. The average molecular weight is 347 g/mol. The van der Waals surface area contributed by atoms with E-state index in [4.69, 9.17) is 4.74 Å². The number of carbonyl (C=O) groups excluding carboxylic acids is 2. The first-order chi connectivity index (χ1) is 11.8. The summed E-state index contributed by atoms with van der Waals surface area (Å²) in [5.74, 6) is 1.29. The van der Waals surface area contributed by atoms with Crippen LogP contribution in [0.15, 0.2) is 0 Å². The van der Waals surface area contributed by atoms with Crippen molar-refractivity contribution in [2.75, 3.05) is 14.2 Å². The molecule has 3 saturated carbocycles. The first-order valence-corrected chi connectivity index (χ1v) is 10.2. The molecule has 0 radical (unpaired) electrons. The van der Waals surface area contributed by atoms with Crippen LogP contribution >= 0.6 is 0 Å². The molecule has 1 aliphatic heterocycles. The molecule has 2 unspecified atom stereocenters. The van der Waals surface area contributed by atoms with Crippen molar-refractivity contribution in [3.8, 4) is 0 Å². The van der Waals surface area contributed by atoms with E-state index in [1.165, 1.54) is 45.6 Å². The molecule has 4 aliphatic rings. The van der Waals surface area contributed by atoms with Gasteiger partial charge in [-0.1, -0.05) is 20.3 Å². The van der Waals surface area contributed by atoms with Crippen LogP contribution in [0.5, 0.6) is 0 Å². The number of hydrogen-bond donors (Lipinski definition) is 0. The Balaban J connectivity index is 1.67. The Bertz CT molecular complexity index is 590. The molecule has 7 atom stereocenters. The Kier molecular flexibility index (Phi) is 3.97. The van der Waals surface area contributed by atoms with E-state index in [2.05, 4.69) is 13.8 Å². The molecule has 0 spiro atoms. The van der Waals surface area contributed by atoms with Crippen molar-refractivity contribution in [3.05, 3.63) is 0 Å². The molecule has 1 heterocycles. The first kappa shape index (κ1) is 17.4. The third kappa shape index (κ3) is 2.31. The normalized spacial score (nSPS) is 49.2. The molecule has 140 valence electrons. The number of likely N-dealkylation sites (tertiary alicyclic amines) is 1. The Morgan fingerprint density at radius 1 is 1.12 bits per heavy atom. The minimum Gasteiger partial charge on any atom is -0.468 e. The van der Waals surface area contributed by atoms with E-state index in [-0.39, 0.29) is 23.3 Å². The second-order valence-electron chi connectivity index (χ2n) is 9.79. The zero-order valence-corrected chi connectivity index (χ0v) is 16.2. The second-order valence-corrected chi connectivity index (χ2v) is 9.79. The van der Waals surface area contributed by atoms with Crippen LogP contribution in [0.1, 0.15) is 65.2 Å². The molecule has 4 fully saturated rings. The highest BCUT2D eigenvalue weighted by Crippen LogP contribution is 2.65. The third-order valence-electron chi connectivity index (χ3n) is 8.84. The minimum absolute atomic E-state index is 0.0331. The number of fused-ring (bicyclic) bond motifs is 5. The number of methoxy groups -OCH3 is 1. The largest absolute Gasteiger partial charge is 0.468 e. The van der Waals surface area contributed by atoms with Gasteiger partial charge in [0.2, 0.25) is 5.91 Å². The molecule has 0 aromatic rings. The summed E-state index contributed by atoms with van der Waals surface area (Å²) in [5, 5.41) is 0. The van der Waals surface area contributed by atoms with Gasteiger partial charge in [0, 0.05) is 13.1 Å². The summed E-state index contributed by atoms with van der Waals surface area (Å²) in [6, 6.07) is 0.285. The molecule has 0 N–H and O–H groups in total. The van der Waals surface area contributed by atoms with Crippen LogP contribution in [0.2, 0.25) is 0 Å². The number of esters is 1. The summed E-state index contributed by atoms with van der Waals surface area (Å²) in [7, 11) is 3.31. The highest BCUT2D eigenvalue weighted by atomic mass is 16.5. The maximum absolute atomic E-state index is 12.7. The summed E-state index contributed by atoms with van der Waals surface area (Å²) in [5.41, 5.74) is 0.594.